The van der Waals surface area contributed by atoms with E-state index in [1.54, 1.807) is 11.0 Å². The summed E-state index contributed by atoms with van der Waals surface area (Å²) in [4.78, 5) is 41.7. The van der Waals surface area contributed by atoms with Crippen LogP contribution in [-0.4, -0.2) is 59.4 Å². The first-order chi connectivity index (χ1) is 15.6. The molecule has 3 aromatic rings. The van der Waals surface area contributed by atoms with E-state index in [4.69, 9.17) is 4.74 Å². The highest BCUT2D eigenvalue weighted by atomic mass is 16.6. The molecule has 3 aromatic carbocycles. The van der Waals surface area contributed by atoms with Crippen LogP contribution in [-0.2, 0) is 16.0 Å². The fraction of sp³-hybridized carbons (Fsp3) is 0.240. The molecule has 1 N–H and O–H groups in total. The minimum Gasteiger partial charge on any atom is -0.410 e. The smallest absolute Gasteiger partial charge is 0.410 e. The molecule has 0 aliphatic carbocycles. The number of hydrogen-bond acceptors (Lipinski definition) is 4. The second-order valence-electron chi connectivity index (χ2n) is 8.09. The van der Waals surface area contributed by atoms with Crippen molar-refractivity contribution in [2.45, 2.75) is 18.5 Å². The molecule has 3 amide bonds. The van der Waals surface area contributed by atoms with Crippen molar-refractivity contribution in [2.75, 3.05) is 19.6 Å². The largest absolute Gasteiger partial charge is 0.415 e. The number of nitrogens with one attached hydrogen (secondary N) is 1. The molecule has 32 heavy (non-hydrogen) atoms. The Kier molecular flexibility index (Phi) is 5.23. The minimum atomic E-state index is -0.705. The number of ether oxygens (including phenoxy) is 1. The molecule has 7 heteroatoms. The van der Waals surface area contributed by atoms with Gasteiger partial charge in [-0.1, -0.05) is 66.7 Å². The summed E-state index contributed by atoms with van der Waals surface area (Å²) in [6.07, 6.45) is -0.0748. The van der Waals surface area contributed by atoms with Crippen molar-refractivity contribution in [2.24, 2.45) is 0 Å². The number of amides is 3. The topological polar surface area (TPSA) is 79.0 Å². The van der Waals surface area contributed by atoms with Gasteiger partial charge in [0.15, 0.2) is 0 Å². The van der Waals surface area contributed by atoms with Crippen LogP contribution in [0, 0.1) is 0 Å². The first-order valence-electron chi connectivity index (χ1n) is 10.7. The Hall–Kier alpha value is -3.87. The molecule has 2 atom stereocenters. The molecule has 0 radical (unpaired) electrons. The molecule has 0 spiro atoms. The average Bonchev–Trinajstić information content (AvgIpc) is 2.83. The summed E-state index contributed by atoms with van der Waals surface area (Å²) in [5, 5.41) is 4.66. The predicted octanol–water partition coefficient (Wildman–Crippen LogP) is 2.59. The van der Waals surface area contributed by atoms with Gasteiger partial charge in [-0.3, -0.25) is 9.59 Å². The van der Waals surface area contributed by atoms with Crippen molar-refractivity contribution in [1.29, 1.82) is 0 Å². The van der Waals surface area contributed by atoms with Gasteiger partial charge >= 0.3 is 6.09 Å². The van der Waals surface area contributed by atoms with Crippen molar-refractivity contribution < 1.29 is 19.1 Å². The summed E-state index contributed by atoms with van der Waals surface area (Å²) >= 11 is 0. The molecule has 0 saturated carbocycles. The van der Waals surface area contributed by atoms with Gasteiger partial charge in [-0.25, -0.2) is 4.79 Å². The highest BCUT2D eigenvalue weighted by Gasteiger charge is 2.44. The minimum absolute atomic E-state index is 0.110. The van der Waals surface area contributed by atoms with Gasteiger partial charge in [0.2, 0.25) is 11.8 Å². The van der Waals surface area contributed by atoms with Crippen LogP contribution < -0.4 is 10.1 Å². The molecular weight excluding hydrogens is 406 g/mol. The highest BCUT2D eigenvalue weighted by molar-refractivity contribution is 5.98. The number of fused-ring (bicyclic) bond motifs is 2. The SMILES string of the molecule is O=C1N[C@H](Cc2ccccc2)C(=O)N2CCN(C(=O)Oc3cccc4ccccc34)C[C@H]12. The number of carbonyl (C=O) groups excluding carboxylic acids is 3. The quantitative estimate of drug-likeness (QED) is 0.694. The van der Waals surface area contributed by atoms with Crippen molar-refractivity contribution in [3.05, 3.63) is 78.4 Å². The van der Waals surface area contributed by atoms with Gasteiger partial charge in [-0.2, -0.15) is 0 Å². The maximum Gasteiger partial charge on any atom is 0.415 e. The Morgan fingerprint density at radius 2 is 1.69 bits per heavy atom. The molecule has 7 nitrogen and oxygen atoms in total. The number of piperazine rings is 2. The van der Waals surface area contributed by atoms with E-state index in [-0.39, 0.29) is 18.4 Å². The van der Waals surface area contributed by atoms with Gasteiger partial charge in [0.05, 0.1) is 6.54 Å². The predicted molar refractivity (Wildman–Crippen MR) is 119 cm³/mol. The lowest BCUT2D eigenvalue weighted by Gasteiger charge is -2.44. The normalized spacial score (nSPS) is 20.6. The lowest BCUT2D eigenvalue weighted by Crippen LogP contribution is -2.70. The summed E-state index contributed by atoms with van der Waals surface area (Å²) in [6.45, 7) is 0.725. The van der Waals surface area contributed by atoms with E-state index in [9.17, 15) is 14.4 Å². The van der Waals surface area contributed by atoms with Gasteiger partial charge in [0.1, 0.15) is 17.8 Å². The number of rotatable bonds is 3. The van der Waals surface area contributed by atoms with Crippen LogP contribution in [0.2, 0.25) is 0 Å². The standard InChI is InChI=1S/C25H23N3O4/c29-23-21-16-27(25(31)32-22-12-6-10-18-9-4-5-11-19(18)22)13-14-28(21)24(30)20(26-23)15-17-7-2-1-3-8-17/h1-12,20-21H,13-16H2,(H,26,29)/t20-,21-/m1/s1. The van der Waals surface area contributed by atoms with E-state index in [2.05, 4.69) is 5.32 Å². The van der Waals surface area contributed by atoms with Crippen LogP contribution in [0.1, 0.15) is 5.56 Å². The molecule has 2 heterocycles. The van der Waals surface area contributed by atoms with E-state index >= 15 is 0 Å². The molecule has 2 aliphatic rings. The third-order valence-corrected chi connectivity index (χ3v) is 6.07. The third-order valence-electron chi connectivity index (χ3n) is 6.07. The van der Waals surface area contributed by atoms with Crippen LogP contribution in [0.25, 0.3) is 10.8 Å². The first kappa shape index (κ1) is 20.1. The Morgan fingerprint density at radius 1 is 0.938 bits per heavy atom. The summed E-state index contributed by atoms with van der Waals surface area (Å²) in [6, 6.07) is 21.5. The fourth-order valence-electron chi connectivity index (χ4n) is 4.40. The maximum atomic E-state index is 13.0. The van der Waals surface area contributed by atoms with E-state index in [0.717, 1.165) is 16.3 Å². The van der Waals surface area contributed by atoms with Gasteiger partial charge < -0.3 is 19.9 Å². The average molecular weight is 429 g/mol. The van der Waals surface area contributed by atoms with Gasteiger partial charge in [-0.15, -0.1) is 0 Å². The second kappa shape index (κ2) is 8.34. The zero-order chi connectivity index (χ0) is 22.1. The molecule has 5 rings (SSSR count). The van der Waals surface area contributed by atoms with Gasteiger partial charge in [0, 0.05) is 24.9 Å². The van der Waals surface area contributed by atoms with Crippen molar-refractivity contribution in [1.82, 2.24) is 15.1 Å². The monoisotopic (exact) mass is 429 g/mol. The van der Waals surface area contributed by atoms with Crippen LogP contribution in [0.15, 0.2) is 72.8 Å². The zero-order valence-corrected chi connectivity index (χ0v) is 17.4. The molecule has 0 unspecified atom stereocenters. The fourth-order valence-corrected chi connectivity index (χ4v) is 4.40. The molecule has 0 aromatic heterocycles. The van der Waals surface area contributed by atoms with Gasteiger partial charge in [0.25, 0.3) is 0 Å². The van der Waals surface area contributed by atoms with Crippen molar-refractivity contribution >= 4 is 28.7 Å². The number of carbonyl (C=O) groups is 3. The molecular formula is C25H23N3O4. The van der Waals surface area contributed by atoms with Crippen LogP contribution in [0.5, 0.6) is 5.75 Å². The number of hydrogen-bond donors (Lipinski definition) is 1. The molecule has 2 saturated heterocycles. The first-order valence-corrected chi connectivity index (χ1v) is 10.7. The second-order valence-corrected chi connectivity index (χ2v) is 8.09. The van der Waals surface area contributed by atoms with Crippen LogP contribution >= 0.6 is 0 Å². The number of nitrogens with zero attached hydrogens (tertiary/aromatic N) is 2. The highest BCUT2D eigenvalue weighted by Crippen LogP contribution is 2.26. The molecule has 2 fully saturated rings. The Bertz CT molecular complexity index is 1170. The maximum absolute atomic E-state index is 13.0. The van der Waals surface area contributed by atoms with E-state index in [1.165, 1.54) is 4.90 Å². The van der Waals surface area contributed by atoms with Crippen LogP contribution in [0.3, 0.4) is 0 Å². The zero-order valence-electron chi connectivity index (χ0n) is 17.4. The summed E-state index contributed by atoms with van der Waals surface area (Å²) < 4.78 is 5.66. The Balaban J connectivity index is 1.27. The van der Waals surface area contributed by atoms with E-state index in [1.807, 2.05) is 66.7 Å². The Labute approximate surface area is 185 Å². The molecule has 162 valence electrons. The summed E-state index contributed by atoms with van der Waals surface area (Å²) in [5.74, 6) is 0.122. The number of benzene rings is 3. The van der Waals surface area contributed by atoms with E-state index < -0.39 is 18.2 Å². The lowest BCUT2D eigenvalue weighted by molar-refractivity contribution is -0.152. The lowest BCUT2D eigenvalue weighted by atomic mass is 9.99. The van der Waals surface area contributed by atoms with Gasteiger partial charge in [-0.05, 0) is 17.0 Å². The Morgan fingerprint density at radius 3 is 2.53 bits per heavy atom. The summed E-state index contributed by atoms with van der Waals surface area (Å²) in [7, 11) is 0. The third kappa shape index (κ3) is 3.77. The summed E-state index contributed by atoms with van der Waals surface area (Å²) in [5.41, 5.74) is 0.988. The van der Waals surface area contributed by atoms with Crippen molar-refractivity contribution in [3.63, 3.8) is 0 Å². The molecule has 2 aliphatic heterocycles. The molecule has 0 bridgehead atoms. The van der Waals surface area contributed by atoms with E-state index in [0.29, 0.717) is 25.3 Å². The van der Waals surface area contributed by atoms with Crippen LogP contribution in [0.4, 0.5) is 4.79 Å². The van der Waals surface area contributed by atoms with Crippen molar-refractivity contribution in [3.8, 4) is 5.75 Å².